The van der Waals surface area contributed by atoms with Gasteiger partial charge in [-0.25, -0.2) is 13.2 Å². The van der Waals surface area contributed by atoms with E-state index in [1.54, 1.807) is 48.5 Å². The minimum atomic E-state index is -0.874. The van der Waals surface area contributed by atoms with Crippen LogP contribution in [0.2, 0.25) is 0 Å². The van der Waals surface area contributed by atoms with Crippen molar-refractivity contribution in [2.45, 2.75) is 19.4 Å². The number of rotatable bonds is 7. The van der Waals surface area contributed by atoms with Crippen molar-refractivity contribution >= 4 is 0 Å². The second-order valence-corrected chi connectivity index (χ2v) is 7.80. The normalized spacial score (nSPS) is 10.9. The summed E-state index contributed by atoms with van der Waals surface area (Å²) in [5.41, 5.74) is 4.32. The third-order valence-electron chi connectivity index (χ3n) is 5.73. The minimum Gasteiger partial charge on any atom is -0.494 e. The zero-order valence-electron chi connectivity index (χ0n) is 18.1. The van der Waals surface area contributed by atoms with Crippen LogP contribution >= 0.6 is 0 Å². The van der Waals surface area contributed by atoms with Crippen LogP contribution in [0.25, 0.3) is 22.3 Å². The lowest BCUT2D eigenvalue weighted by atomic mass is 9.97. The Kier molecular flexibility index (Phi) is 6.80. The average Bonchev–Trinajstić information content (AvgIpc) is 2.85. The summed E-state index contributed by atoms with van der Waals surface area (Å²) in [6.45, 7) is -0.103. The molecule has 1 N–H and O–H groups in total. The molecule has 0 fully saturated rings. The van der Waals surface area contributed by atoms with Crippen LogP contribution in [0.5, 0.6) is 5.75 Å². The summed E-state index contributed by atoms with van der Waals surface area (Å²) in [5.74, 6) is -1.95. The van der Waals surface area contributed by atoms with Crippen LogP contribution in [0.15, 0.2) is 78.9 Å². The summed E-state index contributed by atoms with van der Waals surface area (Å²) in [5, 5.41) is 9.14. The van der Waals surface area contributed by atoms with E-state index in [-0.39, 0.29) is 17.9 Å². The zero-order chi connectivity index (χ0) is 23.4. The van der Waals surface area contributed by atoms with E-state index in [1.165, 1.54) is 13.2 Å². The fraction of sp³-hybridized carbons (Fsp3) is 0.143. The molecular weight excluding hydrogens is 425 g/mol. The van der Waals surface area contributed by atoms with E-state index in [9.17, 15) is 13.2 Å². The molecule has 4 rings (SSSR count). The number of hydrogen-bond acceptors (Lipinski definition) is 2. The maximum absolute atomic E-state index is 14.7. The summed E-state index contributed by atoms with van der Waals surface area (Å²) in [4.78, 5) is 0. The first-order chi connectivity index (χ1) is 16.0. The Morgan fingerprint density at radius 3 is 1.94 bits per heavy atom. The number of aliphatic hydroxyl groups is 1. The van der Waals surface area contributed by atoms with Crippen LogP contribution in [0, 0.1) is 17.5 Å². The van der Waals surface area contributed by atoms with Gasteiger partial charge in [-0.3, -0.25) is 0 Å². The maximum Gasteiger partial charge on any atom is 0.166 e. The summed E-state index contributed by atoms with van der Waals surface area (Å²) >= 11 is 0. The van der Waals surface area contributed by atoms with Crippen molar-refractivity contribution in [3.05, 3.63) is 113 Å². The lowest BCUT2D eigenvalue weighted by Gasteiger charge is -2.10. The molecule has 0 radical (unpaired) electrons. The first kappa shape index (κ1) is 22.6. The molecule has 0 unspecified atom stereocenters. The maximum atomic E-state index is 14.7. The predicted octanol–water partition coefficient (Wildman–Crippen LogP) is 6.72. The topological polar surface area (TPSA) is 29.5 Å². The van der Waals surface area contributed by atoms with Gasteiger partial charge in [0, 0.05) is 5.56 Å². The molecule has 0 saturated carbocycles. The van der Waals surface area contributed by atoms with Crippen LogP contribution in [-0.2, 0) is 19.4 Å². The van der Waals surface area contributed by atoms with Crippen molar-refractivity contribution < 1.29 is 23.0 Å². The molecule has 0 spiro atoms. The summed E-state index contributed by atoms with van der Waals surface area (Å²) in [7, 11) is 1.42. The van der Waals surface area contributed by atoms with E-state index in [4.69, 9.17) is 9.84 Å². The first-order valence-electron chi connectivity index (χ1n) is 10.6. The molecule has 2 nitrogen and oxygen atoms in total. The smallest absolute Gasteiger partial charge is 0.166 e. The van der Waals surface area contributed by atoms with Gasteiger partial charge in [-0.15, -0.1) is 0 Å². The van der Waals surface area contributed by atoms with Gasteiger partial charge in [-0.05, 0) is 58.4 Å². The Balaban J connectivity index is 1.46. The van der Waals surface area contributed by atoms with Gasteiger partial charge in [0.05, 0.1) is 13.7 Å². The lowest BCUT2D eigenvalue weighted by molar-refractivity contribution is 0.282. The molecule has 0 aliphatic carbocycles. The Hall–Kier alpha value is -3.57. The van der Waals surface area contributed by atoms with Crippen molar-refractivity contribution in [2.75, 3.05) is 7.11 Å². The largest absolute Gasteiger partial charge is 0.494 e. The zero-order valence-corrected chi connectivity index (χ0v) is 18.1. The van der Waals surface area contributed by atoms with Gasteiger partial charge < -0.3 is 9.84 Å². The van der Waals surface area contributed by atoms with Gasteiger partial charge in [-0.2, -0.15) is 0 Å². The fourth-order valence-corrected chi connectivity index (χ4v) is 3.78. The van der Waals surface area contributed by atoms with Crippen LogP contribution in [0.3, 0.4) is 0 Å². The summed E-state index contributed by atoms with van der Waals surface area (Å²) in [6.07, 6.45) is 0.890. The van der Waals surface area contributed by atoms with E-state index in [1.807, 2.05) is 24.3 Å². The molecule has 0 atom stereocenters. The molecule has 0 bridgehead atoms. The first-order valence-corrected chi connectivity index (χ1v) is 10.6. The molecule has 0 heterocycles. The van der Waals surface area contributed by atoms with E-state index in [0.29, 0.717) is 29.5 Å². The highest BCUT2D eigenvalue weighted by molar-refractivity contribution is 5.66. The van der Waals surface area contributed by atoms with E-state index in [2.05, 4.69) is 0 Å². The second kappa shape index (κ2) is 9.92. The Bertz CT molecular complexity index is 1250. The molecule has 0 amide bonds. The molecular formula is C28H23F3O2. The lowest BCUT2D eigenvalue weighted by Crippen LogP contribution is -2.00. The van der Waals surface area contributed by atoms with Crippen molar-refractivity contribution in [1.82, 2.24) is 0 Å². The molecule has 33 heavy (non-hydrogen) atoms. The molecule has 0 aliphatic rings. The van der Waals surface area contributed by atoms with Gasteiger partial charge in [-0.1, -0.05) is 66.7 Å². The van der Waals surface area contributed by atoms with Crippen molar-refractivity contribution in [2.24, 2.45) is 0 Å². The highest BCUT2D eigenvalue weighted by Gasteiger charge is 2.15. The molecule has 168 valence electrons. The second-order valence-electron chi connectivity index (χ2n) is 7.80. The fourth-order valence-electron chi connectivity index (χ4n) is 3.78. The minimum absolute atomic E-state index is 0.103. The molecule has 5 heteroatoms. The van der Waals surface area contributed by atoms with Crippen LogP contribution in [0.4, 0.5) is 13.2 Å². The Morgan fingerprint density at radius 1 is 0.667 bits per heavy atom. The number of hydrogen-bond donors (Lipinski definition) is 1. The van der Waals surface area contributed by atoms with Crippen molar-refractivity contribution in [3.63, 3.8) is 0 Å². The Labute approximate surface area is 190 Å². The molecule has 0 saturated heterocycles. The van der Waals surface area contributed by atoms with Crippen molar-refractivity contribution in [3.8, 4) is 28.0 Å². The SMILES string of the molecule is COc1ccc(-c2ccc(CCc3ccc(-c4ccc(CO)cc4)c(F)c3F)cc2)cc1F. The Morgan fingerprint density at radius 2 is 1.30 bits per heavy atom. The third-order valence-corrected chi connectivity index (χ3v) is 5.73. The number of methoxy groups -OCH3 is 1. The van der Waals surface area contributed by atoms with Gasteiger partial charge >= 0.3 is 0 Å². The predicted molar refractivity (Wildman–Crippen MR) is 124 cm³/mol. The van der Waals surface area contributed by atoms with Crippen LogP contribution in [0.1, 0.15) is 16.7 Å². The number of aliphatic hydroxyl groups excluding tert-OH is 1. The monoisotopic (exact) mass is 448 g/mol. The average molecular weight is 448 g/mol. The van der Waals surface area contributed by atoms with E-state index in [0.717, 1.165) is 16.7 Å². The van der Waals surface area contributed by atoms with Gasteiger partial charge in [0.2, 0.25) is 0 Å². The van der Waals surface area contributed by atoms with Gasteiger partial charge in [0.1, 0.15) is 0 Å². The summed E-state index contributed by atoms with van der Waals surface area (Å²) in [6, 6.07) is 22.3. The third kappa shape index (κ3) is 4.94. The van der Waals surface area contributed by atoms with Crippen molar-refractivity contribution in [1.29, 1.82) is 0 Å². The molecule has 4 aromatic rings. The quantitative estimate of drug-likeness (QED) is 0.340. The highest BCUT2D eigenvalue weighted by Crippen LogP contribution is 2.28. The van der Waals surface area contributed by atoms with Crippen LogP contribution in [-0.4, -0.2) is 12.2 Å². The van der Waals surface area contributed by atoms with Gasteiger partial charge in [0.25, 0.3) is 0 Å². The molecule has 4 aromatic carbocycles. The number of ether oxygens (including phenoxy) is 1. The number of halogens is 3. The molecule has 0 aliphatic heterocycles. The highest BCUT2D eigenvalue weighted by atomic mass is 19.2. The number of benzene rings is 4. The number of aryl methyl sites for hydroxylation is 2. The molecule has 0 aromatic heterocycles. The summed E-state index contributed by atoms with van der Waals surface area (Å²) < 4.78 is 48.4. The van der Waals surface area contributed by atoms with Crippen LogP contribution < -0.4 is 4.74 Å². The van der Waals surface area contributed by atoms with E-state index < -0.39 is 17.5 Å². The van der Waals surface area contributed by atoms with Gasteiger partial charge in [0.15, 0.2) is 23.2 Å². The van der Waals surface area contributed by atoms with E-state index >= 15 is 0 Å². The standard InChI is InChI=1S/C28H23F3O2/c1-33-26-15-13-23(16-25(26)29)20-7-2-18(3-8-20)4-11-22-12-14-24(28(31)27(22)30)21-9-5-19(17-32)6-10-21/h2-3,5-10,12-16,32H,4,11,17H2,1H3.